The van der Waals surface area contributed by atoms with Crippen LogP contribution in [0, 0.1) is 0 Å². The van der Waals surface area contributed by atoms with Gasteiger partial charge in [-0.3, -0.25) is 0 Å². The van der Waals surface area contributed by atoms with Crippen LogP contribution in [0.25, 0.3) is 11.1 Å². The van der Waals surface area contributed by atoms with Crippen LogP contribution < -0.4 is 20.1 Å². The van der Waals surface area contributed by atoms with Crippen molar-refractivity contribution in [2.45, 2.75) is 23.6 Å². The zero-order valence-electron chi connectivity index (χ0n) is 15.7. The van der Waals surface area contributed by atoms with Gasteiger partial charge in [0.1, 0.15) is 24.7 Å². The summed E-state index contributed by atoms with van der Waals surface area (Å²) in [6.07, 6.45) is 0. The standard InChI is InChI=1S/C20H26N2O4S/c1-3-21-9-11-25-15-5-7-17-18-8-6-16(26-12-10-22-4-2)14-20(18)27(23,24)19(17)13-15/h5-8,13-14,21-22H,3-4,9-12H2,1-2H3. The maximum absolute atomic E-state index is 13.0. The first kappa shape index (κ1) is 19.7. The van der Waals surface area contributed by atoms with E-state index in [0.29, 0.717) is 58.7 Å². The van der Waals surface area contributed by atoms with Crippen molar-refractivity contribution in [2.75, 3.05) is 39.4 Å². The van der Waals surface area contributed by atoms with E-state index in [9.17, 15) is 8.42 Å². The Hall–Kier alpha value is -2.09. The van der Waals surface area contributed by atoms with Crippen LogP contribution in [-0.4, -0.2) is 47.8 Å². The van der Waals surface area contributed by atoms with Gasteiger partial charge < -0.3 is 20.1 Å². The lowest BCUT2D eigenvalue weighted by Crippen LogP contribution is -2.20. The van der Waals surface area contributed by atoms with Gasteiger partial charge in [0.25, 0.3) is 0 Å². The summed E-state index contributed by atoms with van der Waals surface area (Å²) in [4.78, 5) is 0.589. The molecule has 0 radical (unpaired) electrons. The highest BCUT2D eigenvalue weighted by Gasteiger charge is 2.33. The van der Waals surface area contributed by atoms with E-state index in [4.69, 9.17) is 9.47 Å². The molecule has 7 heteroatoms. The Kier molecular flexibility index (Phi) is 6.36. The van der Waals surface area contributed by atoms with E-state index in [-0.39, 0.29) is 0 Å². The van der Waals surface area contributed by atoms with E-state index < -0.39 is 9.84 Å². The minimum absolute atomic E-state index is 0.295. The number of ether oxygens (including phenoxy) is 2. The average Bonchev–Trinajstić information content (AvgIpc) is 2.89. The van der Waals surface area contributed by atoms with Gasteiger partial charge >= 0.3 is 0 Å². The monoisotopic (exact) mass is 390 g/mol. The minimum Gasteiger partial charge on any atom is -0.492 e. The van der Waals surface area contributed by atoms with Gasteiger partial charge in [-0.1, -0.05) is 13.8 Å². The van der Waals surface area contributed by atoms with Crippen molar-refractivity contribution in [1.29, 1.82) is 0 Å². The number of nitrogens with one attached hydrogen (secondary N) is 2. The molecule has 27 heavy (non-hydrogen) atoms. The molecule has 0 saturated heterocycles. The number of sulfone groups is 1. The average molecular weight is 391 g/mol. The summed E-state index contributed by atoms with van der Waals surface area (Å²) in [5.74, 6) is 1.12. The molecular formula is C20H26N2O4S. The molecule has 2 N–H and O–H groups in total. The van der Waals surface area contributed by atoms with E-state index in [1.165, 1.54) is 0 Å². The van der Waals surface area contributed by atoms with Crippen molar-refractivity contribution >= 4 is 9.84 Å². The van der Waals surface area contributed by atoms with Gasteiger partial charge in [0.15, 0.2) is 0 Å². The Morgan fingerprint density at radius 3 is 1.63 bits per heavy atom. The molecule has 0 spiro atoms. The number of fused-ring (bicyclic) bond motifs is 3. The topological polar surface area (TPSA) is 76.7 Å². The van der Waals surface area contributed by atoms with Crippen molar-refractivity contribution in [1.82, 2.24) is 10.6 Å². The van der Waals surface area contributed by atoms with Gasteiger partial charge in [-0.2, -0.15) is 0 Å². The maximum Gasteiger partial charge on any atom is 0.208 e. The van der Waals surface area contributed by atoms with Crippen LogP contribution in [-0.2, 0) is 9.84 Å². The largest absolute Gasteiger partial charge is 0.492 e. The lowest BCUT2D eigenvalue weighted by molar-refractivity contribution is 0.314. The minimum atomic E-state index is -3.57. The third-order valence-corrected chi connectivity index (χ3v) is 6.20. The quantitative estimate of drug-likeness (QED) is 0.518. The molecule has 0 saturated carbocycles. The highest BCUT2D eigenvalue weighted by Crippen LogP contribution is 2.45. The SMILES string of the molecule is CCNCCOc1ccc2c(c1)S(=O)(=O)c1cc(OCCNCC)ccc1-2. The second-order valence-electron chi connectivity index (χ2n) is 6.22. The molecule has 0 aromatic heterocycles. The summed E-state index contributed by atoms with van der Waals surface area (Å²) in [6, 6.07) is 10.5. The Balaban J connectivity index is 1.80. The van der Waals surface area contributed by atoms with Gasteiger partial charge in [-0.25, -0.2) is 8.42 Å². The third kappa shape index (κ3) is 4.26. The van der Waals surface area contributed by atoms with Crippen LogP contribution in [0.4, 0.5) is 0 Å². The highest BCUT2D eigenvalue weighted by molar-refractivity contribution is 7.92. The number of hydrogen-bond donors (Lipinski definition) is 2. The summed E-state index contributed by atoms with van der Waals surface area (Å²) in [5.41, 5.74) is 1.42. The van der Waals surface area contributed by atoms with E-state index in [1.807, 2.05) is 38.1 Å². The summed E-state index contributed by atoms with van der Waals surface area (Å²) in [7, 11) is -3.57. The van der Waals surface area contributed by atoms with Crippen LogP contribution in [0.2, 0.25) is 0 Å². The molecule has 146 valence electrons. The summed E-state index contributed by atoms with van der Waals surface area (Å²) < 4.78 is 37.3. The maximum atomic E-state index is 13.0. The Morgan fingerprint density at radius 1 is 0.778 bits per heavy atom. The number of likely N-dealkylation sites (N-methyl/N-ethyl adjacent to an activating group) is 2. The molecule has 2 aromatic rings. The molecule has 0 amide bonds. The second kappa shape index (κ2) is 8.73. The smallest absolute Gasteiger partial charge is 0.208 e. The fourth-order valence-electron chi connectivity index (χ4n) is 3.03. The van der Waals surface area contributed by atoms with Crippen LogP contribution in [0.3, 0.4) is 0 Å². The van der Waals surface area contributed by atoms with Gasteiger partial charge in [-0.15, -0.1) is 0 Å². The van der Waals surface area contributed by atoms with Crippen molar-refractivity contribution in [3.63, 3.8) is 0 Å². The van der Waals surface area contributed by atoms with E-state index >= 15 is 0 Å². The number of rotatable bonds is 10. The second-order valence-corrected chi connectivity index (χ2v) is 8.11. The van der Waals surface area contributed by atoms with Gasteiger partial charge in [0, 0.05) is 24.2 Å². The summed E-state index contributed by atoms with van der Waals surface area (Å²) in [6.45, 7) is 8.20. The molecule has 0 aliphatic carbocycles. The number of hydrogen-bond acceptors (Lipinski definition) is 6. The molecule has 2 aromatic carbocycles. The van der Waals surface area contributed by atoms with Gasteiger partial charge in [-0.05, 0) is 49.5 Å². The Bertz CT molecular complexity index is 829. The lowest BCUT2D eigenvalue weighted by atomic mass is 10.1. The van der Waals surface area contributed by atoms with Crippen molar-refractivity contribution in [3.05, 3.63) is 36.4 Å². The third-order valence-electron chi connectivity index (χ3n) is 4.37. The van der Waals surface area contributed by atoms with E-state index in [2.05, 4.69) is 10.6 Å². The molecule has 1 aliphatic heterocycles. The van der Waals surface area contributed by atoms with Crippen molar-refractivity contribution in [2.24, 2.45) is 0 Å². The highest BCUT2D eigenvalue weighted by atomic mass is 32.2. The summed E-state index contributed by atoms with van der Waals surface area (Å²) >= 11 is 0. The molecular weight excluding hydrogens is 364 g/mol. The first-order chi connectivity index (χ1) is 13.1. The van der Waals surface area contributed by atoms with Crippen molar-refractivity contribution in [3.8, 4) is 22.6 Å². The fourth-order valence-corrected chi connectivity index (χ4v) is 4.74. The van der Waals surface area contributed by atoms with Crippen LogP contribution in [0.15, 0.2) is 46.2 Å². The van der Waals surface area contributed by atoms with Crippen LogP contribution >= 0.6 is 0 Å². The molecule has 3 rings (SSSR count). The molecule has 6 nitrogen and oxygen atoms in total. The van der Waals surface area contributed by atoms with Crippen molar-refractivity contribution < 1.29 is 17.9 Å². The van der Waals surface area contributed by atoms with Gasteiger partial charge in [0.2, 0.25) is 9.84 Å². The van der Waals surface area contributed by atoms with E-state index in [1.54, 1.807) is 12.1 Å². The number of benzene rings is 2. The Morgan fingerprint density at radius 2 is 1.22 bits per heavy atom. The van der Waals surface area contributed by atoms with Gasteiger partial charge in [0.05, 0.1) is 9.79 Å². The molecule has 0 atom stereocenters. The van der Waals surface area contributed by atoms with Crippen LogP contribution in [0.5, 0.6) is 11.5 Å². The molecule has 0 fully saturated rings. The van der Waals surface area contributed by atoms with Crippen LogP contribution in [0.1, 0.15) is 13.8 Å². The first-order valence-electron chi connectivity index (χ1n) is 9.28. The Labute approximate surface area is 160 Å². The zero-order valence-corrected chi connectivity index (χ0v) is 16.6. The predicted octanol–water partition coefficient (Wildman–Crippen LogP) is 2.48. The molecule has 0 bridgehead atoms. The normalized spacial score (nSPS) is 13.9. The molecule has 0 unspecified atom stereocenters. The zero-order chi connectivity index (χ0) is 19.3. The summed E-state index contributed by atoms with van der Waals surface area (Å²) in [5, 5.41) is 6.34. The fraction of sp³-hybridized carbons (Fsp3) is 0.400. The molecule has 1 heterocycles. The first-order valence-corrected chi connectivity index (χ1v) is 10.8. The van der Waals surface area contributed by atoms with E-state index in [0.717, 1.165) is 13.1 Å². The lowest BCUT2D eigenvalue weighted by Gasteiger charge is -2.08. The molecule has 1 aliphatic rings. The predicted molar refractivity (Wildman–Crippen MR) is 105 cm³/mol.